The van der Waals surface area contributed by atoms with Gasteiger partial charge in [0.25, 0.3) is 0 Å². The van der Waals surface area contributed by atoms with Crippen LogP contribution in [-0.4, -0.2) is 33.9 Å². The molecule has 0 spiro atoms. The number of halogens is 1. The van der Waals surface area contributed by atoms with E-state index in [-0.39, 0.29) is 0 Å². The summed E-state index contributed by atoms with van der Waals surface area (Å²) in [5, 5.41) is 5.98. The zero-order valence-corrected chi connectivity index (χ0v) is 17.1. The average molecular weight is 403 g/mol. The summed E-state index contributed by atoms with van der Waals surface area (Å²) in [5.74, 6) is 0.778. The molecule has 0 bridgehead atoms. The maximum Gasteiger partial charge on any atom is 0.182 e. The van der Waals surface area contributed by atoms with Gasteiger partial charge in [-0.15, -0.1) is 0 Å². The topological polar surface area (TPSA) is 50.9 Å². The van der Waals surface area contributed by atoms with Gasteiger partial charge in [-0.1, -0.05) is 35.5 Å². The summed E-state index contributed by atoms with van der Waals surface area (Å²) in [6.45, 7) is 6.12. The Morgan fingerprint density at radius 1 is 1.37 bits per heavy atom. The Balaban J connectivity index is 1.52. The molecule has 2 aliphatic heterocycles. The van der Waals surface area contributed by atoms with E-state index in [1.54, 1.807) is 11.8 Å². The number of nitrogens with one attached hydrogen (secondary N) is 1. The van der Waals surface area contributed by atoms with Gasteiger partial charge in [0.15, 0.2) is 5.17 Å². The molecule has 1 saturated heterocycles. The van der Waals surface area contributed by atoms with Gasteiger partial charge < -0.3 is 9.30 Å². The molecule has 0 radical (unpaired) electrons. The predicted molar refractivity (Wildman–Crippen MR) is 114 cm³/mol. The molecule has 4 rings (SSSR count). The predicted octanol–water partition coefficient (Wildman–Crippen LogP) is 4.67. The number of hydrazone groups is 1. The number of aromatic nitrogens is 1. The monoisotopic (exact) mass is 402 g/mol. The van der Waals surface area contributed by atoms with Gasteiger partial charge in [0.2, 0.25) is 0 Å². The first kappa shape index (κ1) is 18.6. The SMILES string of the molecule is Cc1cc(C2=NNC(=Nc3ccccc3Cl)SC2)c(C)n1C[C@H]1CCCO1. The molecule has 142 valence electrons. The summed E-state index contributed by atoms with van der Waals surface area (Å²) in [5.41, 5.74) is 8.57. The van der Waals surface area contributed by atoms with Crippen LogP contribution in [0.25, 0.3) is 0 Å². The van der Waals surface area contributed by atoms with Crippen molar-refractivity contribution < 1.29 is 4.74 Å². The molecule has 7 heteroatoms. The third kappa shape index (κ3) is 4.08. The van der Waals surface area contributed by atoms with E-state index in [4.69, 9.17) is 16.3 Å². The fraction of sp³-hybridized carbons (Fsp3) is 0.400. The number of para-hydroxylation sites is 1. The van der Waals surface area contributed by atoms with E-state index in [9.17, 15) is 0 Å². The third-order valence-electron chi connectivity index (χ3n) is 5.00. The van der Waals surface area contributed by atoms with Crippen molar-refractivity contribution in [3.05, 3.63) is 52.3 Å². The van der Waals surface area contributed by atoms with Crippen LogP contribution in [0.1, 0.15) is 29.8 Å². The van der Waals surface area contributed by atoms with Gasteiger partial charge in [-0.05, 0) is 44.9 Å². The van der Waals surface area contributed by atoms with Crippen molar-refractivity contribution in [1.29, 1.82) is 0 Å². The van der Waals surface area contributed by atoms with Crippen LogP contribution in [0.4, 0.5) is 5.69 Å². The van der Waals surface area contributed by atoms with E-state index in [1.807, 2.05) is 24.3 Å². The summed E-state index contributed by atoms with van der Waals surface area (Å²) in [6.07, 6.45) is 2.64. The lowest BCUT2D eigenvalue weighted by Gasteiger charge is -2.17. The number of hydrogen-bond donors (Lipinski definition) is 1. The molecule has 1 atom stereocenters. The number of benzene rings is 1. The Kier molecular flexibility index (Phi) is 5.57. The Morgan fingerprint density at radius 3 is 2.93 bits per heavy atom. The summed E-state index contributed by atoms with van der Waals surface area (Å²) < 4.78 is 8.16. The first-order valence-corrected chi connectivity index (χ1v) is 10.6. The lowest BCUT2D eigenvalue weighted by molar-refractivity contribution is 0.0962. The first-order valence-electron chi connectivity index (χ1n) is 9.19. The highest BCUT2D eigenvalue weighted by molar-refractivity contribution is 8.14. The number of thioether (sulfide) groups is 1. The van der Waals surface area contributed by atoms with Gasteiger partial charge in [-0.3, -0.25) is 5.43 Å². The Morgan fingerprint density at radius 2 is 2.22 bits per heavy atom. The fourth-order valence-electron chi connectivity index (χ4n) is 3.53. The molecule has 27 heavy (non-hydrogen) atoms. The molecule has 1 N–H and O–H groups in total. The van der Waals surface area contributed by atoms with E-state index >= 15 is 0 Å². The van der Waals surface area contributed by atoms with E-state index in [1.165, 1.54) is 17.0 Å². The molecule has 1 aromatic heterocycles. The number of amidine groups is 1. The molecule has 0 unspecified atom stereocenters. The molecule has 2 aliphatic rings. The lowest BCUT2D eigenvalue weighted by atomic mass is 10.1. The van der Waals surface area contributed by atoms with Crippen molar-refractivity contribution in [3.63, 3.8) is 0 Å². The number of ether oxygens (including phenoxy) is 1. The Labute approximate surface area is 168 Å². The second kappa shape index (κ2) is 8.09. The number of aliphatic imine (C=N–C) groups is 1. The van der Waals surface area contributed by atoms with Crippen LogP contribution in [0.15, 0.2) is 40.4 Å². The van der Waals surface area contributed by atoms with E-state index in [0.717, 1.165) is 48.3 Å². The third-order valence-corrected chi connectivity index (χ3v) is 6.19. The van der Waals surface area contributed by atoms with Gasteiger partial charge >= 0.3 is 0 Å². The Hall–Kier alpha value is -1.76. The summed E-state index contributed by atoms with van der Waals surface area (Å²) in [6, 6.07) is 9.79. The normalized spacial score (nSPS) is 21.4. The second-order valence-electron chi connectivity index (χ2n) is 6.86. The molecule has 0 aliphatic carbocycles. The van der Waals surface area contributed by atoms with E-state index in [2.05, 4.69) is 40.0 Å². The van der Waals surface area contributed by atoms with Crippen LogP contribution < -0.4 is 5.43 Å². The van der Waals surface area contributed by atoms with E-state index < -0.39 is 0 Å². The van der Waals surface area contributed by atoms with Crippen molar-refractivity contribution in [2.24, 2.45) is 10.1 Å². The number of rotatable bonds is 4. The highest BCUT2D eigenvalue weighted by Gasteiger charge is 2.22. The second-order valence-corrected chi connectivity index (χ2v) is 8.23. The minimum atomic E-state index is 0.331. The van der Waals surface area contributed by atoms with Gasteiger partial charge in [0.05, 0.1) is 22.5 Å². The van der Waals surface area contributed by atoms with Crippen LogP contribution in [-0.2, 0) is 11.3 Å². The van der Waals surface area contributed by atoms with Crippen LogP contribution in [0.5, 0.6) is 0 Å². The molecule has 3 heterocycles. The van der Waals surface area contributed by atoms with Crippen molar-refractivity contribution in [2.45, 2.75) is 39.3 Å². The highest BCUT2D eigenvalue weighted by atomic mass is 35.5. The van der Waals surface area contributed by atoms with Gasteiger partial charge in [0.1, 0.15) is 0 Å². The average Bonchev–Trinajstić information content (AvgIpc) is 3.28. The van der Waals surface area contributed by atoms with Crippen molar-refractivity contribution in [3.8, 4) is 0 Å². The largest absolute Gasteiger partial charge is 0.376 e. The highest BCUT2D eigenvalue weighted by Crippen LogP contribution is 2.27. The van der Waals surface area contributed by atoms with Gasteiger partial charge in [0, 0.05) is 35.9 Å². The zero-order valence-electron chi connectivity index (χ0n) is 15.5. The quantitative estimate of drug-likeness (QED) is 0.808. The maximum atomic E-state index is 6.19. The molecular formula is C20H23ClN4OS. The molecule has 0 saturated carbocycles. The van der Waals surface area contributed by atoms with Crippen LogP contribution in [0, 0.1) is 13.8 Å². The van der Waals surface area contributed by atoms with Gasteiger partial charge in [-0.2, -0.15) is 5.10 Å². The van der Waals surface area contributed by atoms with Crippen molar-refractivity contribution in [2.75, 3.05) is 12.4 Å². The number of nitrogens with zero attached hydrogens (tertiary/aromatic N) is 3. The van der Waals surface area contributed by atoms with E-state index in [0.29, 0.717) is 11.1 Å². The lowest BCUT2D eigenvalue weighted by Crippen LogP contribution is -2.25. The summed E-state index contributed by atoms with van der Waals surface area (Å²) in [4.78, 5) is 4.57. The smallest absolute Gasteiger partial charge is 0.182 e. The molecule has 2 aromatic rings. The minimum absolute atomic E-state index is 0.331. The zero-order chi connectivity index (χ0) is 18.8. The molecular weight excluding hydrogens is 380 g/mol. The summed E-state index contributed by atoms with van der Waals surface area (Å²) in [7, 11) is 0. The van der Waals surface area contributed by atoms with Crippen molar-refractivity contribution in [1.82, 2.24) is 9.99 Å². The molecule has 0 amide bonds. The van der Waals surface area contributed by atoms with Crippen molar-refractivity contribution >= 4 is 39.9 Å². The van der Waals surface area contributed by atoms with Crippen LogP contribution >= 0.6 is 23.4 Å². The standard InChI is InChI=1S/C20H23ClN4OS/c1-13-10-16(14(2)25(13)11-15-6-5-9-26-15)19-12-27-20(24-23-19)22-18-8-4-3-7-17(18)21/h3-4,7-8,10,15H,5-6,9,11-12H2,1-2H3,(H,22,24)/t15-/m1/s1. The molecule has 5 nitrogen and oxygen atoms in total. The van der Waals surface area contributed by atoms with Crippen LogP contribution in [0.2, 0.25) is 5.02 Å². The van der Waals surface area contributed by atoms with Gasteiger partial charge in [-0.25, -0.2) is 4.99 Å². The fourth-order valence-corrected chi connectivity index (χ4v) is 4.47. The van der Waals surface area contributed by atoms with Crippen LogP contribution in [0.3, 0.4) is 0 Å². The number of hydrogen-bond acceptors (Lipinski definition) is 4. The minimum Gasteiger partial charge on any atom is -0.376 e. The molecule has 1 fully saturated rings. The Bertz CT molecular complexity index is 899. The number of aryl methyl sites for hydroxylation is 1. The maximum absolute atomic E-state index is 6.19. The first-order chi connectivity index (χ1) is 13.1. The molecule has 1 aromatic carbocycles. The summed E-state index contributed by atoms with van der Waals surface area (Å²) >= 11 is 7.83.